The van der Waals surface area contributed by atoms with Crippen LogP contribution in [0, 0.1) is 49.4 Å². The Morgan fingerprint density at radius 3 is 1.18 bits per heavy atom. The fraction of sp³-hybridized carbons (Fsp3) is 0.0222. The number of nitrogens with two attached hydrogens (primary N) is 2. The van der Waals surface area contributed by atoms with Gasteiger partial charge in [-0.15, -0.1) is 25.7 Å². The van der Waals surface area contributed by atoms with E-state index in [0.29, 0.717) is 45.3 Å². The van der Waals surface area contributed by atoms with Gasteiger partial charge in [-0.3, -0.25) is 0 Å². The van der Waals surface area contributed by atoms with E-state index in [4.69, 9.17) is 46.6 Å². The van der Waals surface area contributed by atoms with Gasteiger partial charge in [0.25, 0.3) is 0 Å². The van der Waals surface area contributed by atoms with Crippen molar-refractivity contribution in [1.29, 1.82) is 0 Å². The Bertz CT molecular complexity index is 2380. The lowest BCUT2D eigenvalue weighted by atomic mass is 9.65. The zero-order chi connectivity index (χ0) is 35.9. The molecule has 0 heterocycles. The van der Waals surface area contributed by atoms with Crippen LogP contribution >= 0.6 is 0 Å². The van der Waals surface area contributed by atoms with Crippen LogP contribution in [0.5, 0.6) is 34.5 Å². The molecule has 7 rings (SSSR count). The number of anilines is 2. The van der Waals surface area contributed by atoms with Crippen LogP contribution in [0.2, 0.25) is 0 Å². The van der Waals surface area contributed by atoms with Gasteiger partial charge in [0, 0.05) is 34.4 Å². The molecule has 0 saturated heterocycles. The maximum absolute atomic E-state index is 10.1. The fourth-order valence-corrected chi connectivity index (χ4v) is 6.77. The molecule has 0 radical (unpaired) electrons. The number of hydrogen-bond acceptors (Lipinski definition) is 6. The van der Waals surface area contributed by atoms with Crippen molar-refractivity contribution < 1.29 is 19.7 Å². The summed E-state index contributed by atoms with van der Waals surface area (Å²) < 4.78 is 12.2. The van der Waals surface area contributed by atoms with Crippen LogP contribution in [0.3, 0.4) is 0 Å². The number of ether oxygens (including phenoxy) is 2. The van der Waals surface area contributed by atoms with Gasteiger partial charge in [0.05, 0.1) is 16.8 Å². The molecule has 0 saturated carbocycles. The molecule has 1 aliphatic rings. The second kappa shape index (κ2) is 12.4. The first kappa shape index (κ1) is 31.9. The minimum Gasteiger partial charge on any atom is -0.506 e. The van der Waals surface area contributed by atoms with E-state index in [9.17, 15) is 10.2 Å². The molecule has 0 aliphatic heterocycles. The lowest BCUT2D eigenvalue weighted by Gasteiger charge is -2.35. The van der Waals surface area contributed by atoms with Crippen LogP contribution in [0.1, 0.15) is 44.5 Å². The van der Waals surface area contributed by atoms with Gasteiger partial charge in [-0.2, -0.15) is 0 Å². The maximum atomic E-state index is 10.1. The third-order valence-corrected chi connectivity index (χ3v) is 9.01. The first-order valence-electron chi connectivity index (χ1n) is 15.7. The lowest BCUT2D eigenvalue weighted by molar-refractivity contribution is 0.456. The number of hydrogen-bond donors (Lipinski definition) is 4. The van der Waals surface area contributed by atoms with Gasteiger partial charge in [-0.25, -0.2) is 0 Å². The van der Waals surface area contributed by atoms with Crippen molar-refractivity contribution in [2.45, 2.75) is 5.41 Å². The third kappa shape index (κ3) is 5.28. The fourth-order valence-electron chi connectivity index (χ4n) is 6.77. The molecule has 51 heavy (non-hydrogen) atoms. The molecule has 1 aliphatic carbocycles. The molecule has 0 aromatic heterocycles. The molecular weight excluding hydrogens is 633 g/mol. The molecule has 6 nitrogen and oxygen atoms in total. The van der Waals surface area contributed by atoms with Gasteiger partial charge in [-0.1, -0.05) is 47.9 Å². The number of fused-ring (bicyclic) bond motifs is 3. The Morgan fingerprint density at radius 2 is 0.843 bits per heavy atom. The van der Waals surface area contributed by atoms with E-state index in [1.807, 2.05) is 72.8 Å². The van der Waals surface area contributed by atoms with Gasteiger partial charge in [-0.05, 0) is 106 Å². The molecule has 6 heteroatoms. The highest BCUT2D eigenvalue weighted by Gasteiger charge is 2.49. The van der Waals surface area contributed by atoms with E-state index in [0.717, 1.165) is 33.4 Å². The molecule has 242 valence electrons. The highest BCUT2D eigenvalue weighted by atomic mass is 16.5. The van der Waals surface area contributed by atoms with Crippen LogP contribution in [0.25, 0.3) is 11.1 Å². The normalized spacial score (nSPS) is 11.9. The van der Waals surface area contributed by atoms with Crippen LogP contribution in [-0.4, -0.2) is 10.2 Å². The number of nitrogen functional groups attached to an aromatic ring is 2. The molecule has 0 fully saturated rings. The molecule has 0 bridgehead atoms. The van der Waals surface area contributed by atoms with Crippen molar-refractivity contribution in [3.05, 3.63) is 154 Å². The molecule has 0 spiro atoms. The minimum atomic E-state index is -1.05. The van der Waals surface area contributed by atoms with E-state index in [-0.39, 0.29) is 22.9 Å². The zero-order valence-electron chi connectivity index (χ0n) is 27.1. The number of phenols is 2. The molecule has 6 aromatic rings. The largest absolute Gasteiger partial charge is 0.506 e. The summed E-state index contributed by atoms with van der Waals surface area (Å²) >= 11 is 0. The van der Waals surface area contributed by atoms with Crippen LogP contribution in [0.15, 0.2) is 109 Å². The van der Waals surface area contributed by atoms with Crippen molar-refractivity contribution in [2.24, 2.45) is 0 Å². The van der Waals surface area contributed by atoms with Gasteiger partial charge >= 0.3 is 0 Å². The monoisotopic (exact) mass is 660 g/mol. The number of terminal acetylenes is 4. The second-order valence-electron chi connectivity index (χ2n) is 11.9. The zero-order valence-corrected chi connectivity index (χ0v) is 27.1. The van der Waals surface area contributed by atoms with Gasteiger partial charge in [0.1, 0.15) is 34.5 Å². The third-order valence-electron chi connectivity index (χ3n) is 9.01. The van der Waals surface area contributed by atoms with Crippen LogP contribution in [-0.2, 0) is 5.41 Å². The Labute approximate surface area is 295 Å². The average molecular weight is 661 g/mol. The first-order valence-corrected chi connectivity index (χ1v) is 15.7. The summed E-state index contributed by atoms with van der Waals surface area (Å²) in [6.45, 7) is 0. The number of phenolic OH excluding ortho intramolecular Hbond substituents is 2. The van der Waals surface area contributed by atoms with Crippen molar-refractivity contribution in [1.82, 2.24) is 0 Å². The summed E-state index contributed by atoms with van der Waals surface area (Å²) in [7, 11) is 0. The summed E-state index contributed by atoms with van der Waals surface area (Å²) in [6, 6.07) is 32.1. The molecule has 6 N–H and O–H groups in total. The van der Waals surface area contributed by atoms with Crippen LogP contribution < -0.4 is 20.9 Å². The Kier molecular flexibility index (Phi) is 7.78. The predicted molar refractivity (Wildman–Crippen MR) is 201 cm³/mol. The summed E-state index contributed by atoms with van der Waals surface area (Å²) in [4.78, 5) is 0. The van der Waals surface area contributed by atoms with Crippen molar-refractivity contribution in [3.8, 4) is 95.0 Å². The second-order valence-corrected chi connectivity index (χ2v) is 11.9. The van der Waals surface area contributed by atoms with Gasteiger partial charge in [0.2, 0.25) is 0 Å². The minimum absolute atomic E-state index is 0.0795. The van der Waals surface area contributed by atoms with E-state index >= 15 is 0 Å². The number of rotatable bonds is 6. The molecule has 0 amide bonds. The molecular formula is C45H28N2O4. The summed E-state index contributed by atoms with van der Waals surface area (Å²) in [5.41, 5.74) is 18.4. The van der Waals surface area contributed by atoms with Gasteiger partial charge < -0.3 is 31.2 Å². The van der Waals surface area contributed by atoms with Crippen molar-refractivity contribution in [2.75, 3.05) is 11.5 Å². The first-order chi connectivity index (χ1) is 24.7. The van der Waals surface area contributed by atoms with E-state index in [2.05, 4.69) is 23.7 Å². The highest BCUT2D eigenvalue weighted by Crippen LogP contribution is 2.59. The van der Waals surface area contributed by atoms with Crippen LogP contribution in [0.4, 0.5) is 11.4 Å². The topological polar surface area (TPSA) is 111 Å². The van der Waals surface area contributed by atoms with E-state index < -0.39 is 5.41 Å². The molecule has 0 unspecified atom stereocenters. The quantitative estimate of drug-likeness (QED) is 0.0815. The lowest BCUT2D eigenvalue weighted by Crippen LogP contribution is -2.30. The van der Waals surface area contributed by atoms with Gasteiger partial charge in [0.15, 0.2) is 0 Å². The molecule has 0 atom stereocenters. The SMILES string of the molecule is C#Cc1cc(C#C)c2c(c1)-c1cc(C#C)cc(C#C)c1C2(c1ccc(Oc2ccc(N)c(O)c2)cc1)c1ccc(Oc2ccc(N)c(O)c2)cc1. The van der Waals surface area contributed by atoms with E-state index in [1.54, 1.807) is 24.3 Å². The number of aromatic hydroxyl groups is 2. The standard InChI is InChI=1S/C45H28N2O4/c1-5-27-21-29(7-3)43-37(23-27)38-24-28(6-2)22-30(8-4)44(38)45(43,31-9-13-33(14-10-31)50-35-17-19-39(46)41(48)25-35)32-11-15-34(16-12-32)51-36-18-20-40(47)42(49)26-36/h1-4,9-26,48-49H,46-47H2. The average Bonchev–Trinajstić information content (AvgIpc) is 3.45. The maximum Gasteiger partial charge on any atom is 0.142 e. The Morgan fingerprint density at radius 1 is 0.471 bits per heavy atom. The number of benzene rings is 6. The summed E-state index contributed by atoms with van der Waals surface area (Å²) in [6.07, 6.45) is 24.4. The predicted octanol–water partition coefficient (Wildman–Crippen LogP) is 8.14. The summed E-state index contributed by atoms with van der Waals surface area (Å²) in [5, 5.41) is 20.2. The Hall–Kier alpha value is -7.64. The highest BCUT2D eigenvalue weighted by molar-refractivity contribution is 5.92. The smallest absolute Gasteiger partial charge is 0.142 e. The van der Waals surface area contributed by atoms with Crippen molar-refractivity contribution >= 4 is 11.4 Å². The Balaban J connectivity index is 1.48. The van der Waals surface area contributed by atoms with Crippen molar-refractivity contribution in [3.63, 3.8) is 0 Å². The van der Waals surface area contributed by atoms with E-state index in [1.165, 1.54) is 12.1 Å². The molecule has 6 aromatic carbocycles. The summed E-state index contributed by atoms with van der Waals surface area (Å²) in [5.74, 6) is 13.0.